The molecule has 2 aromatic carbocycles. The van der Waals surface area contributed by atoms with Gasteiger partial charge in [0.25, 0.3) is 5.24 Å². The third kappa shape index (κ3) is 3.96. The molecule has 1 saturated heterocycles. The van der Waals surface area contributed by atoms with Crippen molar-refractivity contribution in [2.24, 2.45) is 0 Å². The summed E-state index contributed by atoms with van der Waals surface area (Å²) in [5.41, 5.74) is 4.30. The molecule has 0 bridgehead atoms. The second kappa shape index (κ2) is 8.50. The fourth-order valence-electron chi connectivity index (χ4n) is 4.56. The molecule has 5 heteroatoms. The van der Waals surface area contributed by atoms with Gasteiger partial charge in [0.15, 0.2) is 0 Å². The minimum Gasteiger partial charge on any atom is -0.381 e. The summed E-state index contributed by atoms with van der Waals surface area (Å²) in [6.07, 6.45) is 2.55. The van der Waals surface area contributed by atoms with E-state index in [1.165, 1.54) is 22.9 Å². The average molecular weight is 411 g/mol. The molecule has 0 aliphatic carbocycles. The SMILES string of the molecule is COC1CCN(CCSC(=O)N2c3ccccc3C(C)(C)c3ccccc32)CC1. The van der Waals surface area contributed by atoms with Crippen molar-refractivity contribution < 1.29 is 9.53 Å². The van der Waals surface area contributed by atoms with Gasteiger partial charge >= 0.3 is 0 Å². The Labute approximate surface area is 178 Å². The van der Waals surface area contributed by atoms with Crippen molar-refractivity contribution in [1.82, 2.24) is 4.90 Å². The Balaban J connectivity index is 1.49. The highest BCUT2D eigenvalue weighted by atomic mass is 32.2. The summed E-state index contributed by atoms with van der Waals surface area (Å²) in [6, 6.07) is 16.6. The Hall–Kier alpha value is -1.82. The molecule has 2 aliphatic rings. The van der Waals surface area contributed by atoms with E-state index in [9.17, 15) is 4.79 Å². The fourth-order valence-corrected chi connectivity index (χ4v) is 5.41. The minimum atomic E-state index is -0.125. The van der Waals surface area contributed by atoms with Gasteiger partial charge in [0.1, 0.15) is 0 Å². The van der Waals surface area contributed by atoms with Gasteiger partial charge in [-0.25, -0.2) is 0 Å². The minimum absolute atomic E-state index is 0.104. The number of para-hydroxylation sites is 2. The molecular weight excluding hydrogens is 380 g/mol. The van der Waals surface area contributed by atoms with Crippen LogP contribution in [0.4, 0.5) is 16.2 Å². The zero-order chi connectivity index (χ0) is 20.4. The lowest BCUT2D eigenvalue weighted by Crippen LogP contribution is -2.38. The number of ether oxygens (including phenoxy) is 1. The van der Waals surface area contributed by atoms with E-state index in [0.717, 1.165) is 49.6 Å². The Morgan fingerprint density at radius 1 is 1.03 bits per heavy atom. The summed E-state index contributed by atoms with van der Waals surface area (Å²) in [7, 11) is 1.80. The first-order valence-corrected chi connectivity index (χ1v) is 11.4. The molecule has 0 aromatic heterocycles. The van der Waals surface area contributed by atoms with E-state index >= 15 is 0 Å². The van der Waals surface area contributed by atoms with E-state index in [0.29, 0.717) is 6.10 Å². The van der Waals surface area contributed by atoms with Crippen LogP contribution < -0.4 is 4.90 Å². The number of hydrogen-bond acceptors (Lipinski definition) is 4. The summed E-state index contributed by atoms with van der Waals surface area (Å²) in [5, 5.41) is 0.104. The third-order valence-electron chi connectivity index (χ3n) is 6.32. The molecule has 1 amide bonds. The summed E-state index contributed by atoms with van der Waals surface area (Å²) < 4.78 is 5.45. The van der Waals surface area contributed by atoms with E-state index in [4.69, 9.17) is 4.74 Å². The monoisotopic (exact) mass is 410 g/mol. The molecule has 2 heterocycles. The highest BCUT2D eigenvalue weighted by molar-refractivity contribution is 8.13. The first kappa shape index (κ1) is 20.5. The number of methoxy groups -OCH3 is 1. The smallest absolute Gasteiger partial charge is 0.290 e. The van der Waals surface area contributed by atoms with Crippen molar-refractivity contribution in [3.8, 4) is 0 Å². The van der Waals surface area contributed by atoms with Crippen LogP contribution in [0, 0.1) is 0 Å². The van der Waals surface area contributed by atoms with Gasteiger partial charge in [0.2, 0.25) is 0 Å². The van der Waals surface area contributed by atoms with Gasteiger partial charge in [-0.15, -0.1) is 0 Å². The molecule has 29 heavy (non-hydrogen) atoms. The van der Waals surface area contributed by atoms with E-state index in [2.05, 4.69) is 55.1 Å². The van der Waals surface area contributed by atoms with Gasteiger partial charge in [-0.1, -0.05) is 62.0 Å². The summed E-state index contributed by atoms with van der Waals surface area (Å²) >= 11 is 1.42. The second-order valence-electron chi connectivity index (χ2n) is 8.39. The van der Waals surface area contributed by atoms with Gasteiger partial charge in [-0.05, 0) is 36.1 Å². The van der Waals surface area contributed by atoms with Crippen molar-refractivity contribution in [1.29, 1.82) is 0 Å². The number of thioether (sulfide) groups is 1. The van der Waals surface area contributed by atoms with E-state index in [1.807, 2.05) is 17.0 Å². The topological polar surface area (TPSA) is 32.8 Å². The quantitative estimate of drug-likeness (QED) is 0.673. The lowest BCUT2D eigenvalue weighted by Gasteiger charge is -2.40. The number of likely N-dealkylation sites (tertiary alicyclic amines) is 1. The molecular formula is C24H30N2O2S. The molecule has 154 valence electrons. The van der Waals surface area contributed by atoms with Crippen LogP contribution in [0.2, 0.25) is 0 Å². The van der Waals surface area contributed by atoms with E-state index in [1.54, 1.807) is 7.11 Å². The van der Waals surface area contributed by atoms with E-state index < -0.39 is 0 Å². The predicted molar refractivity (Wildman–Crippen MR) is 121 cm³/mol. The standard InChI is InChI=1S/C24H30N2O2S/c1-24(2)19-8-4-6-10-21(19)26(22-11-7-5-9-20(22)24)23(27)29-17-16-25-14-12-18(28-3)13-15-25/h4-11,18H,12-17H2,1-3H3. The second-order valence-corrected chi connectivity index (χ2v) is 9.43. The largest absolute Gasteiger partial charge is 0.381 e. The maximum absolute atomic E-state index is 13.3. The first-order valence-electron chi connectivity index (χ1n) is 10.4. The zero-order valence-corrected chi connectivity index (χ0v) is 18.4. The van der Waals surface area contributed by atoms with E-state index in [-0.39, 0.29) is 10.7 Å². The van der Waals surface area contributed by atoms with Crippen molar-refractivity contribution in [3.05, 3.63) is 59.7 Å². The Kier molecular flexibility index (Phi) is 6.00. The van der Waals surface area contributed by atoms with Gasteiger partial charge < -0.3 is 9.64 Å². The fraction of sp³-hybridized carbons (Fsp3) is 0.458. The number of anilines is 2. The van der Waals surface area contributed by atoms with Crippen molar-refractivity contribution >= 4 is 28.4 Å². The molecule has 0 spiro atoms. The number of fused-ring (bicyclic) bond motifs is 2. The maximum atomic E-state index is 13.3. The first-order chi connectivity index (χ1) is 14.0. The van der Waals surface area contributed by atoms with Crippen LogP contribution in [-0.2, 0) is 10.2 Å². The molecule has 0 saturated carbocycles. The summed E-state index contributed by atoms with van der Waals surface area (Å²) in [6.45, 7) is 7.52. The molecule has 2 aliphatic heterocycles. The van der Waals surface area contributed by atoms with Gasteiger partial charge in [0.05, 0.1) is 17.5 Å². The van der Waals surface area contributed by atoms with Gasteiger partial charge in [-0.3, -0.25) is 9.69 Å². The van der Waals surface area contributed by atoms with Crippen LogP contribution in [0.25, 0.3) is 0 Å². The van der Waals surface area contributed by atoms with Crippen LogP contribution >= 0.6 is 11.8 Å². The van der Waals surface area contributed by atoms with Crippen molar-refractivity contribution in [2.45, 2.75) is 38.2 Å². The number of amides is 1. The normalized spacial score (nSPS) is 18.9. The lowest BCUT2D eigenvalue weighted by molar-refractivity contribution is 0.0430. The highest BCUT2D eigenvalue weighted by Crippen LogP contribution is 2.49. The molecule has 0 radical (unpaired) electrons. The number of hydrogen-bond donors (Lipinski definition) is 0. The zero-order valence-electron chi connectivity index (χ0n) is 17.6. The molecule has 2 aromatic rings. The molecule has 0 atom stereocenters. The maximum Gasteiger partial charge on any atom is 0.290 e. The number of benzene rings is 2. The number of rotatable bonds is 4. The van der Waals surface area contributed by atoms with Crippen molar-refractivity contribution in [3.63, 3.8) is 0 Å². The van der Waals surface area contributed by atoms with Gasteiger partial charge in [-0.2, -0.15) is 0 Å². The Morgan fingerprint density at radius 3 is 2.14 bits per heavy atom. The van der Waals surface area contributed by atoms with Gasteiger partial charge in [0, 0.05) is 37.9 Å². The molecule has 0 N–H and O–H groups in total. The predicted octanol–water partition coefficient (Wildman–Crippen LogP) is 5.43. The molecule has 4 nitrogen and oxygen atoms in total. The Morgan fingerprint density at radius 2 is 1.59 bits per heavy atom. The third-order valence-corrected chi connectivity index (χ3v) is 7.14. The number of piperidine rings is 1. The van der Waals surface area contributed by atoms with Crippen LogP contribution in [0.1, 0.15) is 37.8 Å². The number of carbonyl (C=O) groups excluding carboxylic acids is 1. The number of carbonyl (C=O) groups is 1. The van der Waals surface area contributed by atoms with Crippen LogP contribution in [0.15, 0.2) is 48.5 Å². The van der Waals surface area contributed by atoms with Crippen LogP contribution in [0.5, 0.6) is 0 Å². The average Bonchev–Trinajstić information content (AvgIpc) is 2.74. The molecule has 0 unspecified atom stereocenters. The van der Waals surface area contributed by atoms with Crippen LogP contribution in [0.3, 0.4) is 0 Å². The van der Waals surface area contributed by atoms with Crippen molar-refractivity contribution in [2.75, 3.05) is 37.4 Å². The Bertz CT molecular complexity index is 825. The molecule has 1 fully saturated rings. The lowest BCUT2D eigenvalue weighted by atomic mass is 9.74. The highest BCUT2D eigenvalue weighted by Gasteiger charge is 2.38. The number of nitrogens with zero attached hydrogens (tertiary/aromatic N) is 2. The molecule has 4 rings (SSSR count). The summed E-state index contributed by atoms with van der Waals surface area (Å²) in [5.74, 6) is 0.806. The van der Waals surface area contributed by atoms with Crippen LogP contribution in [-0.4, -0.2) is 48.7 Å². The summed E-state index contributed by atoms with van der Waals surface area (Å²) in [4.78, 5) is 17.7.